The van der Waals surface area contributed by atoms with Gasteiger partial charge in [0.05, 0.1) is 4.43 Å². The normalized spacial score (nSPS) is 15.0. The van der Waals surface area contributed by atoms with E-state index in [0.29, 0.717) is 0 Å². The molecule has 0 rings (SSSR count). The van der Waals surface area contributed by atoms with Crippen LogP contribution in [0.25, 0.3) is 0 Å². The van der Waals surface area contributed by atoms with Crippen molar-refractivity contribution in [1.82, 2.24) is 0 Å². The van der Waals surface area contributed by atoms with E-state index in [1.54, 1.807) is 0 Å². The molecule has 0 saturated heterocycles. The van der Waals surface area contributed by atoms with Gasteiger partial charge < -0.3 is 0 Å². The Morgan fingerprint density at radius 1 is 0.833 bits per heavy atom. The molecule has 0 aromatic carbocycles. The molecular weight excluding hydrogens is 308 g/mol. The molecule has 0 aliphatic heterocycles. The van der Waals surface area contributed by atoms with E-state index in [0.717, 1.165) is 22.6 Å². The zero-order valence-corrected chi connectivity index (χ0v) is 7.39. The third-order valence-corrected chi connectivity index (χ3v) is 1.94. The van der Waals surface area contributed by atoms with Crippen LogP contribution in [0.15, 0.2) is 0 Å². The molecular formula is C4H2F7I. The Hall–Kier alpha value is 0.240. The van der Waals surface area contributed by atoms with Crippen LogP contribution in [0.4, 0.5) is 30.7 Å². The molecule has 0 radical (unpaired) electrons. The van der Waals surface area contributed by atoms with Gasteiger partial charge >= 0.3 is 18.0 Å². The number of alkyl halides is 8. The van der Waals surface area contributed by atoms with Crippen molar-refractivity contribution in [1.29, 1.82) is 0 Å². The van der Waals surface area contributed by atoms with Gasteiger partial charge in [0.15, 0.2) is 0 Å². The molecule has 0 saturated carbocycles. The van der Waals surface area contributed by atoms with Crippen LogP contribution in [-0.2, 0) is 0 Å². The molecule has 0 fully saturated rings. The summed E-state index contributed by atoms with van der Waals surface area (Å²) >= 11 is 0.765. The highest BCUT2D eigenvalue weighted by Crippen LogP contribution is 2.46. The van der Waals surface area contributed by atoms with Crippen LogP contribution < -0.4 is 0 Å². The molecule has 0 aromatic rings. The minimum atomic E-state index is -6.21. The summed E-state index contributed by atoms with van der Waals surface area (Å²) in [6.07, 6.45) is -6.21. The lowest BCUT2D eigenvalue weighted by Crippen LogP contribution is -2.52. The number of hydrogen-bond donors (Lipinski definition) is 0. The van der Waals surface area contributed by atoms with E-state index >= 15 is 0 Å². The van der Waals surface area contributed by atoms with E-state index in [-0.39, 0.29) is 0 Å². The van der Waals surface area contributed by atoms with Crippen LogP contribution in [0.3, 0.4) is 0 Å². The molecule has 74 valence electrons. The summed E-state index contributed by atoms with van der Waals surface area (Å²) in [6.45, 7) is 0. The minimum absolute atomic E-state index is 0.765. The maximum absolute atomic E-state index is 11.9. The zero-order chi connectivity index (χ0) is 10.2. The molecule has 0 N–H and O–H groups in total. The zero-order valence-electron chi connectivity index (χ0n) is 5.23. The van der Waals surface area contributed by atoms with Gasteiger partial charge in [-0.3, -0.25) is 0 Å². The lowest BCUT2D eigenvalue weighted by atomic mass is 10.2. The Bertz CT molecular complexity index is 159. The van der Waals surface area contributed by atoms with Crippen molar-refractivity contribution >= 4 is 22.6 Å². The molecule has 8 heteroatoms. The average Bonchev–Trinajstić information content (AvgIpc) is 1.85. The highest BCUT2D eigenvalue weighted by atomic mass is 127. The molecule has 0 atom stereocenters. The van der Waals surface area contributed by atoms with Crippen molar-refractivity contribution in [3.63, 3.8) is 0 Å². The van der Waals surface area contributed by atoms with Crippen LogP contribution in [0.5, 0.6) is 0 Å². The molecule has 0 aliphatic rings. The Morgan fingerprint density at radius 2 is 1.17 bits per heavy atom. The third kappa shape index (κ3) is 1.94. The maximum atomic E-state index is 11.9. The van der Waals surface area contributed by atoms with Crippen LogP contribution >= 0.6 is 22.6 Å². The van der Waals surface area contributed by atoms with Gasteiger partial charge in [-0.05, 0) is 0 Å². The molecule has 0 nitrogen and oxygen atoms in total. The predicted molar refractivity (Wildman–Crippen MR) is 34.8 cm³/mol. The Morgan fingerprint density at radius 3 is 1.25 bits per heavy atom. The predicted octanol–water partition coefficient (Wildman–Crippen LogP) is 3.25. The molecule has 12 heavy (non-hydrogen) atoms. The molecule has 0 heterocycles. The summed E-state index contributed by atoms with van der Waals surface area (Å²) in [7, 11) is 0. The maximum Gasteiger partial charge on any atom is 0.459 e. The summed E-state index contributed by atoms with van der Waals surface area (Å²) in [6, 6.07) is 0. The van der Waals surface area contributed by atoms with Gasteiger partial charge in [0.25, 0.3) is 0 Å². The second-order valence-corrected chi connectivity index (χ2v) is 2.67. The summed E-state index contributed by atoms with van der Waals surface area (Å²) in [5.41, 5.74) is 0. The summed E-state index contributed by atoms with van der Waals surface area (Å²) < 4.78 is 79.8. The molecule has 0 amide bonds. The number of rotatable bonds is 2. The van der Waals surface area contributed by atoms with Crippen LogP contribution in [0.2, 0.25) is 0 Å². The topological polar surface area (TPSA) is 0 Å². The fourth-order valence-electron chi connectivity index (χ4n) is 0.291. The summed E-state index contributed by atoms with van der Waals surface area (Å²) in [5.74, 6) is -11.0. The van der Waals surface area contributed by atoms with Crippen molar-refractivity contribution < 1.29 is 30.7 Å². The van der Waals surface area contributed by atoms with E-state index < -0.39 is 22.4 Å². The van der Waals surface area contributed by atoms with E-state index in [4.69, 9.17) is 0 Å². The van der Waals surface area contributed by atoms with Crippen molar-refractivity contribution in [2.75, 3.05) is 4.43 Å². The standard InChI is InChI=1S/C4H2F7I/c5-2(6,1-12)3(7,8)4(9,10)11/h1H2. The SMILES string of the molecule is FC(F)(F)C(F)(F)C(F)(F)CI. The van der Waals surface area contributed by atoms with Gasteiger partial charge in [0.1, 0.15) is 0 Å². The second-order valence-electron chi connectivity index (χ2n) is 1.91. The van der Waals surface area contributed by atoms with Gasteiger partial charge in [-0.15, -0.1) is 0 Å². The van der Waals surface area contributed by atoms with E-state index in [2.05, 4.69) is 0 Å². The van der Waals surface area contributed by atoms with Gasteiger partial charge in [0.2, 0.25) is 0 Å². The first-order valence-electron chi connectivity index (χ1n) is 2.44. The fraction of sp³-hybridized carbons (Fsp3) is 1.00. The Balaban J connectivity index is 4.85. The molecule has 0 spiro atoms. The van der Waals surface area contributed by atoms with Gasteiger partial charge in [-0.25, -0.2) is 0 Å². The molecule has 0 unspecified atom stereocenters. The summed E-state index contributed by atoms with van der Waals surface area (Å²) in [4.78, 5) is 0. The van der Waals surface area contributed by atoms with Crippen molar-refractivity contribution in [2.45, 2.75) is 18.0 Å². The fourth-order valence-corrected chi connectivity index (χ4v) is 0.770. The van der Waals surface area contributed by atoms with Crippen molar-refractivity contribution in [3.8, 4) is 0 Å². The smallest absolute Gasteiger partial charge is 0.199 e. The second kappa shape index (κ2) is 3.18. The largest absolute Gasteiger partial charge is 0.459 e. The number of hydrogen-bond acceptors (Lipinski definition) is 0. The number of halogens is 8. The van der Waals surface area contributed by atoms with Crippen LogP contribution in [-0.4, -0.2) is 22.4 Å². The summed E-state index contributed by atoms with van der Waals surface area (Å²) in [5, 5.41) is 0. The van der Waals surface area contributed by atoms with Crippen molar-refractivity contribution in [3.05, 3.63) is 0 Å². The first kappa shape index (κ1) is 12.2. The van der Waals surface area contributed by atoms with Gasteiger partial charge in [0, 0.05) is 0 Å². The first-order valence-corrected chi connectivity index (χ1v) is 3.97. The highest BCUT2D eigenvalue weighted by Gasteiger charge is 2.72. The quantitative estimate of drug-likeness (QED) is 0.417. The first-order chi connectivity index (χ1) is 5.06. The third-order valence-electron chi connectivity index (χ3n) is 0.983. The molecule has 0 aromatic heterocycles. The van der Waals surface area contributed by atoms with Gasteiger partial charge in [-0.1, -0.05) is 22.6 Å². The van der Waals surface area contributed by atoms with Crippen LogP contribution in [0, 0.1) is 0 Å². The monoisotopic (exact) mass is 310 g/mol. The van der Waals surface area contributed by atoms with Crippen molar-refractivity contribution in [2.24, 2.45) is 0 Å². The molecule has 0 bridgehead atoms. The Labute approximate surface area is 76.3 Å². The van der Waals surface area contributed by atoms with Gasteiger partial charge in [-0.2, -0.15) is 30.7 Å². The minimum Gasteiger partial charge on any atom is -0.199 e. The average molecular weight is 310 g/mol. The Kier molecular flexibility index (Phi) is 3.25. The van der Waals surface area contributed by atoms with E-state index in [9.17, 15) is 30.7 Å². The van der Waals surface area contributed by atoms with E-state index in [1.807, 2.05) is 0 Å². The lowest BCUT2D eigenvalue weighted by molar-refractivity contribution is -0.347. The van der Waals surface area contributed by atoms with E-state index in [1.165, 1.54) is 0 Å². The van der Waals surface area contributed by atoms with Crippen LogP contribution in [0.1, 0.15) is 0 Å². The highest BCUT2D eigenvalue weighted by molar-refractivity contribution is 14.1. The lowest BCUT2D eigenvalue weighted by Gasteiger charge is -2.26. The molecule has 0 aliphatic carbocycles.